The molecule has 0 saturated carbocycles. The third kappa shape index (κ3) is 3.45. The highest BCUT2D eigenvalue weighted by molar-refractivity contribution is 5.97. The summed E-state index contributed by atoms with van der Waals surface area (Å²) < 4.78 is 69.0. The number of nitrogens with zero attached hydrogens (tertiary/aromatic N) is 5. The van der Waals surface area contributed by atoms with Gasteiger partial charge in [0.05, 0.1) is 29.7 Å². The Hall–Kier alpha value is -3.87. The molecule has 0 spiro atoms. The van der Waals surface area contributed by atoms with Gasteiger partial charge < -0.3 is 9.88 Å². The molecule has 35 heavy (non-hydrogen) atoms. The first-order chi connectivity index (χ1) is 16.7. The second-order valence-corrected chi connectivity index (χ2v) is 8.49. The quantitative estimate of drug-likeness (QED) is 0.419. The molecule has 0 amide bonds. The van der Waals surface area contributed by atoms with E-state index in [1.807, 2.05) is 4.90 Å². The summed E-state index contributed by atoms with van der Waals surface area (Å²) in [7, 11) is 0. The Morgan fingerprint density at radius 3 is 2.51 bits per heavy atom. The van der Waals surface area contributed by atoms with E-state index in [2.05, 4.69) is 25.7 Å². The minimum Gasteiger partial charge on any atom is -0.376 e. The fourth-order valence-corrected chi connectivity index (χ4v) is 4.96. The molecule has 6 rings (SSSR count). The molecule has 0 bridgehead atoms. The van der Waals surface area contributed by atoms with Gasteiger partial charge in [-0.3, -0.25) is 9.69 Å². The van der Waals surface area contributed by atoms with Gasteiger partial charge in [0, 0.05) is 24.2 Å². The Labute approximate surface area is 193 Å². The maximum Gasteiger partial charge on any atom is 0.451 e. The summed E-state index contributed by atoms with van der Waals surface area (Å²) in [6.45, 7) is 0.190. The molecule has 2 aromatic carbocycles. The van der Waals surface area contributed by atoms with Crippen LogP contribution in [0.25, 0.3) is 10.8 Å². The van der Waals surface area contributed by atoms with E-state index in [-0.39, 0.29) is 30.8 Å². The van der Waals surface area contributed by atoms with Crippen molar-refractivity contribution in [1.82, 2.24) is 29.9 Å². The van der Waals surface area contributed by atoms with Crippen LogP contribution in [0, 0.1) is 11.6 Å². The maximum absolute atomic E-state index is 14.3. The molecule has 8 nitrogen and oxygen atoms in total. The molecule has 2 aliphatic rings. The van der Waals surface area contributed by atoms with Gasteiger partial charge in [0.2, 0.25) is 5.82 Å². The number of rotatable bonds is 2. The Morgan fingerprint density at radius 1 is 1.00 bits per heavy atom. The van der Waals surface area contributed by atoms with Crippen molar-refractivity contribution < 1.29 is 22.0 Å². The topological polar surface area (TPSA) is 91.7 Å². The lowest BCUT2D eigenvalue weighted by Crippen LogP contribution is -2.43. The predicted molar refractivity (Wildman–Crippen MR) is 113 cm³/mol. The van der Waals surface area contributed by atoms with E-state index in [0.717, 1.165) is 10.6 Å². The molecular formula is C22H16F5N7O. The number of anilines is 1. The predicted octanol–water partition coefficient (Wildman–Crippen LogP) is 3.54. The SMILES string of the molecule is O=c1[nH]nc2c3c(cc(F)cc13)NC(c1ccc(F)cc1)C2N1CCn2c(nnc2C(F)(F)F)C1. The van der Waals surface area contributed by atoms with E-state index in [1.54, 1.807) is 12.1 Å². The van der Waals surface area contributed by atoms with Crippen molar-refractivity contribution in [3.63, 3.8) is 0 Å². The van der Waals surface area contributed by atoms with Crippen LogP contribution in [0.15, 0.2) is 41.2 Å². The van der Waals surface area contributed by atoms with E-state index in [9.17, 15) is 26.7 Å². The Bertz CT molecular complexity index is 1510. The van der Waals surface area contributed by atoms with Gasteiger partial charge in [0.15, 0.2) is 0 Å². The van der Waals surface area contributed by atoms with Gasteiger partial charge in [-0.05, 0) is 29.8 Å². The number of aromatic amines is 1. The van der Waals surface area contributed by atoms with Crippen molar-refractivity contribution in [3.05, 3.63) is 81.3 Å². The van der Waals surface area contributed by atoms with Crippen molar-refractivity contribution >= 4 is 16.5 Å². The third-order valence-corrected chi connectivity index (χ3v) is 6.45. The molecule has 2 unspecified atom stereocenters. The number of alkyl halides is 3. The molecule has 0 saturated heterocycles. The van der Waals surface area contributed by atoms with E-state index < -0.39 is 41.3 Å². The average Bonchev–Trinajstić information content (AvgIpc) is 3.25. The highest BCUT2D eigenvalue weighted by Crippen LogP contribution is 2.46. The standard InChI is InChI=1S/C22H16F5N7O/c23-11-3-1-10(2-4-11)17-19(33-5-6-34-15(9-33)29-32-21(34)22(25,26)27)18-16-13(20(35)31-30-18)7-12(24)8-14(16)28-17/h1-4,7-8,17,19,28H,5-6,9H2,(H,31,35). The highest BCUT2D eigenvalue weighted by atomic mass is 19.4. The number of hydrogen-bond donors (Lipinski definition) is 2. The first-order valence-electron chi connectivity index (χ1n) is 10.7. The number of halogens is 5. The lowest BCUT2D eigenvalue weighted by atomic mass is 9.88. The number of fused-ring (bicyclic) bond motifs is 1. The van der Waals surface area contributed by atoms with Gasteiger partial charge in [-0.15, -0.1) is 10.2 Å². The van der Waals surface area contributed by atoms with Crippen molar-refractivity contribution in [2.75, 3.05) is 11.9 Å². The fourth-order valence-electron chi connectivity index (χ4n) is 4.96. The monoisotopic (exact) mass is 489 g/mol. The minimum absolute atomic E-state index is 0.0198. The lowest BCUT2D eigenvalue weighted by Gasteiger charge is -2.42. The molecule has 2 N–H and O–H groups in total. The van der Waals surface area contributed by atoms with Gasteiger partial charge in [-0.25, -0.2) is 13.9 Å². The Kier molecular flexibility index (Phi) is 4.68. The first-order valence-corrected chi connectivity index (χ1v) is 10.7. The molecule has 2 aromatic heterocycles. The van der Waals surface area contributed by atoms with Crippen LogP contribution in [0.1, 0.15) is 35.0 Å². The molecule has 0 fully saturated rings. The number of H-pyrrole nitrogens is 1. The zero-order valence-corrected chi connectivity index (χ0v) is 17.8. The fraction of sp³-hybridized carbons (Fsp3) is 0.273. The number of hydrogen-bond acceptors (Lipinski definition) is 6. The van der Waals surface area contributed by atoms with Gasteiger partial charge >= 0.3 is 6.18 Å². The largest absolute Gasteiger partial charge is 0.451 e. The van der Waals surface area contributed by atoms with Crippen molar-refractivity contribution in [2.45, 2.75) is 31.3 Å². The molecule has 0 radical (unpaired) electrons. The zero-order chi connectivity index (χ0) is 24.5. The molecule has 180 valence electrons. The van der Waals surface area contributed by atoms with Gasteiger partial charge in [-0.2, -0.15) is 18.3 Å². The average molecular weight is 489 g/mol. The molecule has 0 aliphatic carbocycles. The van der Waals surface area contributed by atoms with Crippen LogP contribution in [0.5, 0.6) is 0 Å². The van der Waals surface area contributed by atoms with E-state index >= 15 is 0 Å². The Morgan fingerprint density at radius 2 is 1.77 bits per heavy atom. The van der Waals surface area contributed by atoms with Gasteiger partial charge in [-0.1, -0.05) is 12.1 Å². The molecule has 2 aliphatic heterocycles. The summed E-state index contributed by atoms with van der Waals surface area (Å²) in [4.78, 5) is 14.3. The van der Waals surface area contributed by atoms with Crippen LogP contribution in [0.3, 0.4) is 0 Å². The van der Waals surface area contributed by atoms with Crippen LogP contribution < -0.4 is 10.9 Å². The van der Waals surface area contributed by atoms with E-state index in [0.29, 0.717) is 22.3 Å². The summed E-state index contributed by atoms with van der Waals surface area (Å²) in [6, 6.07) is 6.90. The maximum atomic E-state index is 14.3. The number of aromatic nitrogens is 5. The lowest BCUT2D eigenvalue weighted by molar-refractivity contribution is -0.148. The van der Waals surface area contributed by atoms with Crippen LogP contribution in [0.4, 0.5) is 27.6 Å². The normalized spacial score (nSPS) is 20.0. The summed E-state index contributed by atoms with van der Waals surface area (Å²) in [5, 5.41) is 17.5. The third-order valence-electron chi connectivity index (χ3n) is 6.45. The summed E-state index contributed by atoms with van der Waals surface area (Å²) in [6.07, 6.45) is -4.63. The number of benzene rings is 2. The van der Waals surface area contributed by atoms with Crippen molar-refractivity contribution in [2.24, 2.45) is 0 Å². The summed E-state index contributed by atoms with van der Waals surface area (Å²) >= 11 is 0. The Balaban J connectivity index is 1.50. The first kappa shape index (κ1) is 21.6. The smallest absolute Gasteiger partial charge is 0.376 e. The van der Waals surface area contributed by atoms with E-state index in [1.165, 1.54) is 18.2 Å². The molecular weight excluding hydrogens is 473 g/mol. The minimum atomic E-state index is -4.63. The van der Waals surface area contributed by atoms with Crippen LogP contribution in [-0.2, 0) is 19.3 Å². The van der Waals surface area contributed by atoms with Gasteiger partial charge in [0.1, 0.15) is 17.5 Å². The zero-order valence-electron chi connectivity index (χ0n) is 17.8. The van der Waals surface area contributed by atoms with Crippen molar-refractivity contribution in [3.8, 4) is 0 Å². The molecule has 4 aromatic rings. The van der Waals surface area contributed by atoms with Crippen molar-refractivity contribution in [1.29, 1.82) is 0 Å². The number of nitrogens with one attached hydrogen (secondary N) is 2. The molecule has 13 heteroatoms. The van der Waals surface area contributed by atoms with Gasteiger partial charge in [0.25, 0.3) is 5.56 Å². The van der Waals surface area contributed by atoms with Crippen LogP contribution in [0.2, 0.25) is 0 Å². The summed E-state index contributed by atoms with van der Waals surface area (Å²) in [5.41, 5.74) is 0.847. The second kappa shape index (κ2) is 7.57. The summed E-state index contributed by atoms with van der Waals surface area (Å²) in [5.74, 6) is -1.99. The molecule has 4 heterocycles. The second-order valence-electron chi connectivity index (χ2n) is 8.49. The van der Waals surface area contributed by atoms with Crippen LogP contribution >= 0.6 is 0 Å². The van der Waals surface area contributed by atoms with E-state index in [4.69, 9.17) is 0 Å². The molecule has 2 atom stereocenters. The van der Waals surface area contributed by atoms with Crippen LogP contribution in [-0.4, -0.2) is 36.4 Å². The highest BCUT2D eigenvalue weighted by Gasteiger charge is 2.43.